The Labute approximate surface area is 153 Å². The largest absolute Gasteiger partial charge is 0.493 e. The Hall–Kier alpha value is -3.81. The van der Waals surface area contributed by atoms with E-state index in [2.05, 4.69) is 9.98 Å². The topological polar surface area (TPSA) is 106 Å². The van der Waals surface area contributed by atoms with E-state index in [0.717, 1.165) is 10.1 Å². The zero-order chi connectivity index (χ0) is 18.8. The van der Waals surface area contributed by atoms with Crippen LogP contribution in [-0.2, 0) is 6.54 Å². The van der Waals surface area contributed by atoms with Gasteiger partial charge in [0.05, 0.1) is 12.2 Å². The molecule has 0 amide bonds. The molecule has 1 aliphatic rings. The molecule has 0 saturated carbocycles. The number of nitrogens with one attached hydrogen (secondary N) is 1. The number of ether oxygens (including phenoxy) is 2. The molecule has 0 spiro atoms. The zero-order valence-corrected chi connectivity index (χ0v) is 14.1. The standard InChI is InChI=1S/C19H15N3O5/c23-17-14(10-20-9-12-6-7-15-16(8-12)27-11-26-15)18(24)22(19(25)21-17)13-4-2-1-3-5-13/h1-8,10,24H,9,11H2,(H,21,23,25). The summed E-state index contributed by atoms with van der Waals surface area (Å²) in [7, 11) is 0. The minimum Gasteiger partial charge on any atom is -0.493 e. The maximum absolute atomic E-state index is 12.1. The Balaban J connectivity index is 1.65. The lowest BCUT2D eigenvalue weighted by Gasteiger charge is -2.09. The van der Waals surface area contributed by atoms with E-state index in [-0.39, 0.29) is 18.9 Å². The molecular formula is C19H15N3O5. The number of aromatic hydroxyl groups is 1. The minimum absolute atomic E-state index is 0.0980. The van der Waals surface area contributed by atoms with Gasteiger partial charge in [0.2, 0.25) is 12.7 Å². The van der Waals surface area contributed by atoms with Gasteiger partial charge >= 0.3 is 5.69 Å². The lowest BCUT2D eigenvalue weighted by molar-refractivity contribution is 0.174. The number of para-hydroxylation sites is 1. The summed E-state index contributed by atoms with van der Waals surface area (Å²) in [5.41, 5.74) is -0.251. The summed E-state index contributed by atoms with van der Waals surface area (Å²) in [6.45, 7) is 0.451. The Kier molecular flexibility index (Phi) is 4.21. The van der Waals surface area contributed by atoms with Crippen LogP contribution in [0, 0.1) is 0 Å². The molecule has 0 unspecified atom stereocenters. The molecule has 0 atom stereocenters. The third kappa shape index (κ3) is 3.20. The van der Waals surface area contributed by atoms with Crippen molar-refractivity contribution in [3.05, 3.63) is 80.5 Å². The maximum atomic E-state index is 12.1. The summed E-state index contributed by atoms with van der Waals surface area (Å²) in [5.74, 6) is 0.845. The van der Waals surface area contributed by atoms with E-state index in [9.17, 15) is 14.7 Å². The summed E-state index contributed by atoms with van der Waals surface area (Å²) in [6.07, 6.45) is 1.25. The first kappa shape index (κ1) is 16.6. The van der Waals surface area contributed by atoms with Crippen molar-refractivity contribution in [1.82, 2.24) is 9.55 Å². The Morgan fingerprint density at radius 3 is 2.70 bits per heavy atom. The molecule has 2 N–H and O–H groups in total. The van der Waals surface area contributed by atoms with Crippen LogP contribution in [0.15, 0.2) is 63.1 Å². The minimum atomic E-state index is -0.725. The number of fused-ring (bicyclic) bond motifs is 1. The molecule has 27 heavy (non-hydrogen) atoms. The Bertz CT molecular complexity index is 1130. The third-order valence-corrected chi connectivity index (χ3v) is 4.07. The molecule has 0 aliphatic carbocycles. The van der Waals surface area contributed by atoms with E-state index in [1.165, 1.54) is 6.21 Å². The van der Waals surface area contributed by atoms with Gasteiger partial charge in [-0.05, 0) is 29.8 Å². The average Bonchev–Trinajstić information content (AvgIpc) is 3.13. The summed E-state index contributed by atoms with van der Waals surface area (Å²) >= 11 is 0. The number of hydrogen-bond donors (Lipinski definition) is 2. The highest BCUT2D eigenvalue weighted by atomic mass is 16.7. The number of rotatable bonds is 4. The van der Waals surface area contributed by atoms with Crippen LogP contribution < -0.4 is 20.7 Å². The first-order chi connectivity index (χ1) is 13.1. The van der Waals surface area contributed by atoms with Crippen LogP contribution in [0.5, 0.6) is 17.4 Å². The SMILES string of the molecule is O=c1[nH]c(=O)n(-c2ccccc2)c(O)c1C=NCc1ccc2c(c1)OCO2. The predicted molar refractivity (Wildman–Crippen MR) is 98.2 cm³/mol. The molecule has 2 aromatic carbocycles. The summed E-state index contributed by atoms with van der Waals surface area (Å²) in [5, 5.41) is 10.4. The van der Waals surface area contributed by atoms with Crippen LogP contribution in [0.4, 0.5) is 0 Å². The molecule has 3 aromatic rings. The molecule has 1 aliphatic heterocycles. The van der Waals surface area contributed by atoms with Crippen molar-refractivity contribution in [2.45, 2.75) is 6.54 Å². The van der Waals surface area contributed by atoms with Gasteiger partial charge in [-0.3, -0.25) is 14.8 Å². The van der Waals surface area contributed by atoms with Crippen LogP contribution in [0.1, 0.15) is 11.1 Å². The average molecular weight is 365 g/mol. The van der Waals surface area contributed by atoms with Gasteiger partial charge < -0.3 is 14.6 Å². The van der Waals surface area contributed by atoms with Gasteiger partial charge in [-0.1, -0.05) is 24.3 Å². The van der Waals surface area contributed by atoms with Gasteiger partial charge in [0.25, 0.3) is 5.56 Å². The first-order valence-corrected chi connectivity index (χ1v) is 8.15. The molecule has 136 valence electrons. The van der Waals surface area contributed by atoms with E-state index in [1.54, 1.807) is 42.5 Å². The molecule has 0 radical (unpaired) electrons. The monoisotopic (exact) mass is 365 g/mol. The van der Waals surface area contributed by atoms with Gasteiger partial charge in [-0.15, -0.1) is 0 Å². The van der Waals surface area contributed by atoms with Crippen LogP contribution in [0.2, 0.25) is 0 Å². The molecule has 4 rings (SSSR count). The van der Waals surface area contributed by atoms with E-state index < -0.39 is 17.1 Å². The molecule has 0 saturated heterocycles. The number of aromatic amines is 1. The summed E-state index contributed by atoms with van der Waals surface area (Å²) in [4.78, 5) is 30.6. The highest BCUT2D eigenvalue weighted by Crippen LogP contribution is 2.32. The van der Waals surface area contributed by atoms with Crippen molar-refractivity contribution in [3.8, 4) is 23.1 Å². The lowest BCUT2D eigenvalue weighted by Crippen LogP contribution is -2.31. The van der Waals surface area contributed by atoms with Gasteiger partial charge in [-0.25, -0.2) is 9.36 Å². The lowest BCUT2D eigenvalue weighted by atomic mass is 10.2. The Morgan fingerprint density at radius 2 is 1.89 bits per heavy atom. The molecule has 2 heterocycles. The van der Waals surface area contributed by atoms with E-state index >= 15 is 0 Å². The second-order valence-corrected chi connectivity index (χ2v) is 5.82. The molecule has 0 fully saturated rings. The fourth-order valence-electron chi connectivity index (χ4n) is 2.75. The summed E-state index contributed by atoms with van der Waals surface area (Å²) < 4.78 is 11.6. The zero-order valence-electron chi connectivity index (χ0n) is 14.1. The van der Waals surface area contributed by atoms with E-state index in [0.29, 0.717) is 17.2 Å². The third-order valence-electron chi connectivity index (χ3n) is 4.07. The molecule has 0 bridgehead atoms. The van der Waals surface area contributed by atoms with Crippen LogP contribution in [0.3, 0.4) is 0 Å². The smallest absolute Gasteiger partial charge is 0.335 e. The fourth-order valence-corrected chi connectivity index (χ4v) is 2.75. The van der Waals surface area contributed by atoms with Gasteiger partial charge in [-0.2, -0.15) is 0 Å². The van der Waals surface area contributed by atoms with Gasteiger partial charge in [0.1, 0.15) is 5.56 Å². The van der Waals surface area contributed by atoms with Crippen molar-refractivity contribution in [2.75, 3.05) is 6.79 Å². The fraction of sp³-hybridized carbons (Fsp3) is 0.105. The van der Waals surface area contributed by atoms with Crippen LogP contribution in [-0.4, -0.2) is 27.7 Å². The number of aliphatic imine (C=N–C) groups is 1. The maximum Gasteiger partial charge on any atom is 0.335 e. The first-order valence-electron chi connectivity index (χ1n) is 8.15. The van der Waals surface area contributed by atoms with Crippen molar-refractivity contribution in [2.24, 2.45) is 4.99 Å². The van der Waals surface area contributed by atoms with Crippen LogP contribution >= 0.6 is 0 Å². The van der Waals surface area contributed by atoms with E-state index in [4.69, 9.17) is 9.47 Å². The number of aromatic nitrogens is 2. The Morgan fingerprint density at radius 1 is 1.11 bits per heavy atom. The second-order valence-electron chi connectivity index (χ2n) is 5.82. The van der Waals surface area contributed by atoms with E-state index in [1.807, 2.05) is 6.07 Å². The molecule has 8 heteroatoms. The van der Waals surface area contributed by atoms with Crippen molar-refractivity contribution >= 4 is 6.21 Å². The highest BCUT2D eigenvalue weighted by molar-refractivity contribution is 5.82. The van der Waals surface area contributed by atoms with Gasteiger partial charge in [0, 0.05) is 6.21 Å². The second kappa shape index (κ2) is 6.83. The van der Waals surface area contributed by atoms with Crippen molar-refractivity contribution < 1.29 is 14.6 Å². The molecular weight excluding hydrogens is 350 g/mol. The van der Waals surface area contributed by atoms with Gasteiger partial charge in [0.15, 0.2) is 11.5 Å². The molecule has 8 nitrogen and oxygen atoms in total. The van der Waals surface area contributed by atoms with Crippen LogP contribution in [0.25, 0.3) is 5.69 Å². The molecule has 1 aromatic heterocycles. The van der Waals surface area contributed by atoms with Crippen molar-refractivity contribution in [3.63, 3.8) is 0 Å². The number of benzene rings is 2. The number of nitrogens with zero attached hydrogens (tertiary/aromatic N) is 2. The highest BCUT2D eigenvalue weighted by Gasteiger charge is 2.15. The predicted octanol–water partition coefficient (Wildman–Crippen LogP) is 1.58. The number of hydrogen-bond acceptors (Lipinski definition) is 6. The normalized spacial score (nSPS) is 12.6. The van der Waals surface area contributed by atoms with Crippen molar-refractivity contribution in [1.29, 1.82) is 0 Å². The number of H-pyrrole nitrogens is 1. The summed E-state index contributed by atoms with van der Waals surface area (Å²) in [6, 6.07) is 13.9. The quantitative estimate of drug-likeness (QED) is 0.683.